The van der Waals surface area contributed by atoms with Gasteiger partial charge < -0.3 is 10.7 Å². The van der Waals surface area contributed by atoms with Crippen LogP contribution in [0.25, 0.3) is 0 Å². The van der Waals surface area contributed by atoms with Gasteiger partial charge in [0.05, 0.1) is 11.4 Å². The Labute approximate surface area is 93.9 Å². The van der Waals surface area contributed by atoms with Gasteiger partial charge in [0.2, 0.25) is 0 Å². The molecule has 0 aliphatic heterocycles. The number of anilines is 1. The molecule has 2 rings (SSSR count). The van der Waals surface area contributed by atoms with Crippen LogP contribution in [0, 0.1) is 13.8 Å². The summed E-state index contributed by atoms with van der Waals surface area (Å²) in [4.78, 5) is 3.12. The average Bonchev–Trinajstić information content (AvgIpc) is 2.75. The van der Waals surface area contributed by atoms with Crippen LogP contribution in [-0.2, 0) is 5.54 Å². The molecule has 2 aromatic rings. The lowest BCUT2D eigenvalue weighted by Gasteiger charge is -2.22. The smallest absolute Gasteiger partial charge is 0.157 e. The number of aromatic amines is 1. The van der Waals surface area contributed by atoms with E-state index in [0.29, 0.717) is 5.69 Å². The van der Waals surface area contributed by atoms with E-state index in [1.54, 1.807) is 4.68 Å². The summed E-state index contributed by atoms with van der Waals surface area (Å²) in [6.45, 7) is 7.78. The molecule has 0 unspecified atom stereocenters. The third kappa shape index (κ3) is 1.56. The monoisotopic (exact) mass is 220 g/mol. The van der Waals surface area contributed by atoms with Crippen LogP contribution in [0.1, 0.15) is 31.2 Å². The Morgan fingerprint density at radius 3 is 2.44 bits per heavy atom. The summed E-state index contributed by atoms with van der Waals surface area (Å²) in [6.07, 6.45) is 1.81. The molecule has 0 aliphatic rings. The summed E-state index contributed by atoms with van der Waals surface area (Å²) in [6, 6.07) is 0. The summed E-state index contributed by atoms with van der Waals surface area (Å²) < 4.78 is 1.80. The van der Waals surface area contributed by atoms with Crippen LogP contribution in [0.15, 0.2) is 6.20 Å². The number of aryl methyl sites for hydroxylation is 2. The highest BCUT2D eigenvalue weighted by Crippen LogP contribution is 2.23. The van der Waals surface area contributed by atoms with Crippen molar-refractivity contribution < 1.29 is 0 Å². The van der Waals surface area contributed by atoms with E-state index in [0.717, 1.165) is 17.3 Å². The van der Waals surface area contributed by atoms with Crippen LogP contribution in [-0.4, -0.2) is 25.0 Å². The van der Waals surface area contributed by atoms with Crippen molar-refractivity contribution in [3.8, 4) is 0 Å². The minimum Gasteiger partial charge on any atom is -0.396 e. The molecular weight excluding hydrogens is 204 g/mol. The van der Waals surface area contributed by atoms with Crippen LogP contribution >= 0.6 is 0 Å². The SMILES string of the molecule is Cc1nnc(C(C)(C)n2cc(N)c(C)n2)[nH]1. The van der Waals surface area contributed by atoms with Crippen molar-refractivity contribution in [1.29, 1.82) is 0 Å². The Kier molecular flexibility index (Phi) is 2.22. The molecule has 0 saturated carbocycles. The van der Waals surface area contributed by atoms with E-state index >= 15 is 0 Å². The minimum atomic E-state index is -0.385. The third-order valence-electron chi connectivity index (χ3n) is 2.69. The lowest BCUT2D eigenvalue weighted by atomic mass is 10.1. The molecule has 6 nitrogen and oxygen atoms in total. The summed E-state index contributed by atoms with van der Waals surface area (Å²) in [5.74, 6) is 1.56. The Morgan fingerprint density at radius 2 is 2.00 bits per heavy atom. The van der Waals surface area contributed by atoms with Crippen molar-refractivity contribution in [2.45, 2.75) is 33.2 Å². The van der Waals surface area contributed by atoms with Gasteiger partial charge in [-0.15, -0.1) is 10.2 Å². The molecule has 0 saturated heterocycles. The van der Waals surface area contributed by atoms with Gasteiger partial charge in [-0.1, -0.05) is 0 Å². The van der Waals surface area contributed by atoms with Crippen LogP contribution in [0.2, 0.25) is 0 Å². The highest BCUT2D eigenvalue weighted by atomic mass is 15.4. The van der Waals surface area contributed by atoms with Gasteiger partial charge in [0.15, 0.2) is 5.82 Å². The maximum atomic E-state index is 5.79. The molecule has 86 valence electrons. The van der Waals surface area contributed by atoms with E-state index in [4.69, 9.17) is 5.73 Å². The molecule has 3 N–H and O–H groups in total. The Morgan fingerprint density at radius 1 is 1.31 bits per heavy atom. The lowest BCUT2D eigenvalue weighted by Crippen LogP contribution is -2.29. The van der Waals surface area contributed by atoms with Crippen molar-refractivity contribution in [1.82, 2.24) is 25.0 Å². The summed E-state index contributed by atoms with van der Waals surface area (Å²) >= 11 is 0. The average molecular weight is 220 g/mol. The van der Waals surface area contributed by atoms with E-state index in [2.05, 4.69) is 20.3 Å². The number of nitrogens with one attached hydrogen (secondary N) is 1. The van der Waals surface area contributed by atoms with Crippen molar-refractivity contribution >= 4 is 5.69 Å². The van der Waals surface area contributed by atoms with Crippen LogP contribution in [0.5, 0.6) is 0 Å². The van der Waals surface area contributed by atoms with Gasteiger partial charge in [-0.2, -0.15) is 5.10 Å². The van der Waals surface area contributed by atoms with E-state index in [-0.39, 0.29) is 5.54 Å². The Bertz CT molecular complexity index is 488. The minimum absolute atomic E-state index is 0.385. The molecule has 0 fully saturated rings. The number of hydrogen-bond donors (Lipinski definition) is 2. The first kappa shape index (κ1) is 10.7. The number of nitrogen functional groups attached to an aromatic ring is 1. The largest absolute Gasteiger partial charge is 0.396 e. The maximum absolute atomic E-state index is 5.79. The molecule has 6 heteroatoms. The fourth-order valence-corrected chi connectivity index (χ4v) is 1.49. The zero-order valence-corrected chi connectivity index (χ0v) is 9.94. The van der Waals surface area contributed by atoms with Crippen LogP contribution in [0.4, 0.5) is 5.69 Å². The van der Waals surface area contributed by atoms with Gasteiger partial charge in [-0.25, -0.2) is 0 Å². The van der Waals surface area contributed by atoms with Gasteiger partial charge in [-0.3, -0.25) is 4.68 Å². The second-order valence-electron chi connectivity index (χ2n) is 4.43. The molecule has 0 aliphatic carbocycles. The molecule has 0 amide bonds. The van der Waals surface area contributed by atoms with Gasteiger partial charge >= 0.3 is 0 Å². The third-order valence-corrected chi connectivity index (χ3v) is 2.69. The number of nitrogens with zero attached hydrogens (tertiary/aromatic N) is 4. The Balaban J connectivity index is 2.45. The second kappa shape index (κ2) is 3.33. The second-order valence-corrected chi connectivity index (χ2v) is 4.43. The van der Waals surface area contributed by atoms with Gasteiger partial charge in [0.1, 0.15) is 11.4 Å². The van der Waals surface area contributed by atoms with E-state index < -0.39 is 0 Å². The molecule has 16 heavy (non-hydrogen) atoms. The highest BCUT2D eigenvalue weighted by molar-refractivity contribution is 5.40. The summed E-state index contributed by atoms with van der Waals surface area (Å²) in [7, 11) is 0. The predicted octanol–water partition coefficient (Wildman–Crippen LogP) is 0.984. The molecule has 0 atom stereocenters. The first-order valence-corrected chi connectivity index (χ1v) is 5.13. The number of H-pyrrole nitrogens is 1. The molecule has 0 bridgehead atoms. The molecule has 0 spiro atoms. The van der Waals surface area contributed by atoms with Crippen molar-refractivity contribution in [2.24, 2.45) is 0 Å². The van der Waals surface area contributed by atoms with Crippen molar-refractivity contribution in [3.63, 3.8) is 0 Å². The predicted molar refractivity (Wildman–Crippen MR) is 60.9 cm³/mol. The maximum Gasteiger partial charge on any atom is 0.157 e. The zero-order chi connectivity index (χ0) is 11.9. The topological polar surface area (TPSA) is 85.4 Å². The number of nitrogens with two attached hydrogens (primary N) is 1. The zero-order valence-electron chi connectivity index (χ0n) is 9.94. The van der Waals surface area contributed by atoms with E-state index in [9.17, 15) is 0 Å². The fraction of sp³-hybridized carbons (Fsp3) is 0.500. The van der Waals surface area contributed by atoms with E-state index in [1.165, 1.54) is 0 Å². The molecule has 2 aromatic heterocycles. The first-order valence-electron chi connectivity index (χ1n) is 5.13. The number of rotatable bonds is 2. The van der Waals surface area contributed by atoms with Crippen molar-refractivity contribution in [3.05, 3.63) is 23.5 Å². The first-order chi connectivity index (χ1) is 7.41. The fourth-order valence-electron chi connectivity index (χ4n) is 1.49. The van der Waals surface area contributed by atoms with Gasteiger partial charge in [0, 0.05) is 6.20 Å². The lowest BCUT2D eigenvalue weighted by molar-refractivity contribution is 0.368. The molecule has 2 heterocycles. The van der Waals surface area contributed by atoms with E-state index in [1.807, 2.05) is 33.9 Å². The van der Waals surface area contributed by atoms with Crippen LogP contribution < -0.4 is 5.73 Å². The quantitative estimate of drug-likeness (QED) is 0.790. The number of hydrogen-bond acceptors (Lipinski definition) is 4. The standard InChI is InChI=1S/C10H16N6/c1-6-8(11)5-16(15-6)10(3,4)9-12-7(2)13-14-9/h5H,11H2,1-4H3,(H,12,13,14). The van der Waals surface area contributed by atoms with Crippen molar-refractivity contribution in [2.75, 3.05) is 5.73 Å². The summed E-state index contributed by atoms with van der Waals surface area (Å²) in [5.41, 5.74) is 6.91. The number of aromatic nitrogens is 5. The van der Waals surface area contributed by atoms with Crippen LogP contribution in [0.3, 0.4) is 0 Å². The van der Waals surface area contributed by atoms with Gasteiger partial charge in [-0.05, 0) is 27.7 Å². The normalized spacial score (nSPS) is 12.0. The molecular formula is C10H16N6. The summed E-state index contributed by atoms with van der Waals surface area (Å²) in [5, 5.41) is 12.4. The molecule has 0 radical (unpaired) electrons. The molecule has 0 aromatic carbocycles. The van der Waals surface area contributed by atoms with Gasteiger partial charge in [0.25, 0.3) is 0 Å². The highest BCUT2D eigenvalue weighted by Gasteiger charge is 2.28. The Hall–Kier alpha value is -1.85.